The van der Waals surface area contributed by atoms with E-state index in [2.05, 4.69) is 4.98 Å². The number of nitrogens with zero attached hydrogens (tertiary/aromatic N) is 2. The Bertz CT molecular complexity index is 675. The van der Waals surface area contributed by atoms with Gasteiger partial charge < -0.3 is 10.1 Å². The number of sulfone groups is 1. The van der Waals surface area contributed by atoms with Gasteiger partial charge in [-0.2, -0.15) is 0 Å². The zero-order valence-corrected chi connectivity index (χ0v) is 10.0. The minimum Gasteiger partial charge on any atom is -0.399 e. The maximum atomic E-state index is 11.4. The molecule has 90 valence electrons. The predicted molar refractivity (Wildman–Crippen MR) is 65.6 cm³/mol. The number of pyridine rings is 1. The third-order valence-corrected chi connectivity index (χ3v) is 4.92. The molecule has 0 aliphatic carbocycles. The normalized spacial score (nSPS) is 23.2. The average molecular weight is 251 g/mol. The third kappa shape index (κ3) is 1.88. The summed E-state index contributed by atoms with van der Waals surface area (Å²) >= 11 is 0. The van der Waals surface area contributed by atoms with Gasteiger partial charge in [0.25, 0.3) is 0 Å². The maximum Gasteiger partial charge on any atom is 0.151 e. The van der Waals surface area contributed by atoms with Crippen LogP contribution in [0.25, 0.3) is 5.65 Å². The summed E-state index contributed by atoms with van der Waals surface area (Å²) in [6.45, 7) is 0. The molecule has 0 bridgehead atoms. The first-order valence-electron chi connectivity index (χ1n) is 5.48. The molecular weight excluding hydrogens is 238 g/mol. The third-order valence-electron chi connectivity index (χ3n) is 3.15. The van der Waals surface area contributed by atoms with E-state index in [-0.39, 0.29) is 17.4 Å². The Morgan fingerprint density at radius 3 is 3.00 bits per heavy atom. The highest BCUT2D eigenvalue weighted by atomic mass is 32.2. The minimum atomic E-state index is -2.86. The summed E-state index contributed by atoms with van der Waals surface area (Å²) < 4.78 is 24.7. The molecule has 2 N–H and O–H groups in total. The molecule has 17 heavy (non-hydrogen) atoms. The second-order valence-electron chi connectivity index (χ2n) is 4.49. The molecule has 0 amide bonds. The van der Waals surface area contributed by atoms with Crippen LogP contribution in [0.3, 0.4) is 0 Å². The van der Waals surface area contributed by atoms with Crippen molar-refractivity contribution in [1.29, 1.82) is 0 Å². The van der Waals surface area contributed by atoms with E-state index in [0.717, 1.165) is 11.3 Å². The van der Waals surface area contributed by atoms with Crippen molar-refractivity contribution < 1.29 is 8.42 Å². The smallest absolute Gasteiger partial charge is 0.151 e. The zero-order valence-electron chi connectivity index (χ0n) is 9.20. The molecule has 0 saturated carbocycles. The van der Waals surface area contributed by atoms with E-state index in [9.17, 15) is 8.42 Å². The highest BCUT2D eigenvalue weighted by molar-refractivity contribution is 7.91. The van der Waals surface area contributed by atoms with Crippen LogP contribution in [0.15, 0.2) is 24.5 Å². The Labute approximate surface area is 99.2 Å². The van der Waals surface area contributed by atoms with Crippen LogP contribution in [-0.4, -0.2) is 29.3 Å². The van der Waals surface area contributed by atoms with E-state index in [1.54, 1.807) is 12.1 Å². The van der Waals surface area contributed by atoms with Gasteiger partial charge in [-0.15, -0.1) is 0 Å². The Morgan fingerprint density at radius 2 is 2.29 bits per heavy atom. The minimum absolute atomic E-state index is 0.0288. The molecule has 6 heteroatoms. The molecule has 0 aromatic carbocycles. The first-order valence-corrected chi connectivity index (χ1v) is 7.30. The average Bonchev–Trinajstić information content (AvgIpc) is 2.80. The number of hydrogen-bond acceptors (Lipinski definition) is 4. The van der Waals surface area contributed by atoms with Gasteiger partial charge in [0.2, 0.25) is 0 Å². The highest BCUT2D eigenvalue weighted by Crippen LogP contribution is 2.28. The Morgan fingerprint density at radius 1 is 1.47 bits per heavy atom. The Kier molecular flexibility index (Phi) is 2.16. The first kappa shape index (κ1) is 10.6. The molecule has 1 aliphatic rings. The summed E-state index contributed by atoms with van der Waals surface area (Å²) in [6, 6.07) is 3.58. The van der Waals surface area contributed by atoms with E-state index < -0.39 is 9.84 Å². The number of aromatic nitrogens is 2. The Hall–Kier alpha value is -1.56. The van der Waals surface area contributed by atoms with Gasteiger partial charge in [-0.25, -0.2) is 13.4 Å². The van der Waals surface area contributed by atoms with Crippen LogP contribution < -0.4 is 5.73 Å². The molecule has 1 saturated heterocycles. The lowest BCUT2D eigenvalue weighted by atomic mass is 10.1. The lowest BCUT2D eigenvalue weighted by molar-refractivity contribution is 0.601. The van der Waals surface area contributed by atoms with E-state index in [0.29, 0.717) is 12.1 Å². The number of rotatable bonds is 1. The van der Waals surface area contributed by atoms with Crippen LogP contribution in [0.5, 0.6) is 0 Å². The van der Waals surface area contributed by atoms with Gasteiger partial charge in [-0.1, -0.05) is 0 Å². The van der Waals surface area contributed by atoms with Gasteiger partial charge in [0.1, 0.15) is 5.65 Å². The van der Waals surface area contributed by atoms with E-state index in [4.69, 9.17) is 5.73 Å². The molecular formula is C11H13N3O2S. The van der Waals surface area contributed by atoms with E-state index in [1.807, 2.05) is 16.8 Å². The van der Waals surface area contributed by atoms with Crippen molar-refractivity contribution in [2.45, 2.75) is 12.3 Å². The number of imidazole rings is 1. The molecule has 3 rings (SSSR count). The fourth-order valence-electron chi connectivity index (χ4n) is 2.24. The maximum absolute atomic E-state index is 11.4. The summed E-state index contributed by atoms with van der Waals surface area (Å²) in [5, 5.41) is 0. The number of nitrogen functional groups attached to an aromatic ring is 1. The number of hydrogen-bond donors (Lipinski definition) is 1. The van der Waals surface area contributed by atoms with Crippen LogP contribution >= 0.6 is 0 Å². The van der Waals surface area contributed by atoms with Gasteiger partial charge >= 0.3 is 0 Å². The molecule has 1 unspecified atom stereocenters. The molecule has 0 radical (unpaired) electrons. The zero-order chi connectivity index (χ0) is 12.0. The second kappa shape index (κ2) is 3.46. The van der Waals surface area contributed by atoms with Crippen LogP contribution in [-0.2, 0) is 9.84 Å². The van der Waals surface area contributed by atoms with Gasteiger partial charge in [0, 0.05) is 30.1 Å². The quantitative estimate of drug-likeness (QED) is 0.814. The van der Waals surface area contributed by atoms with Crippen molar-refractivity contribution in [2.75, 3.05) is 17.2 Å². The van der Waals surface area contributed by atoms with E-state index in [1.165, 1.54) is 0 Å². The van der Waals surface area contributed by atoms with Gasteiger partial charge in [0.05, 0.1) is 17.2 Å². The van der Waals surface area contributed by atoms with Crippen LogP contribution in [0.1, 0.15) is 18.0 Å². The van der Waals surface area contributed by atoms with Crippen LogP contribution in [0.4, 0.5) is 5.69 Å². The fraction of sp³-hybridized carbons (Fsp3) is 0.364. The predicted octanol–water partition coefficient (Wildman–Crippen LogP) is 0.819. The number of anilines is 1. The monoisotopic (exact) mass is 251 g/mol. The van der Waals surface area contributed by atoms with Crippen LogP contribution in [0, 0.1) is 0 Å². The van der Waals surface area contributed by atoms with E-state index >= 15 is 0 Å². The Balaban J connectivity index is 2.02. The van der Waals surface area contributed by atoms with Crippen LogP contribution in [0.2, 0.25) is 0 Å². The summed E-state index contributed by atoms with van der Waals surface area (Å²) in [5.41, 5.74) is 7.95. The molecule has 1 fully saturated rings. The van der Waals surface area contributed by atoms with Crippen molar-refractivity contribution in [1.82, 2.24) is 9.38 Å². The first-order chi connectivity index (χ1) is 8.03. The molecule has 3 heterocycles. The molecule has 1 atom stereocenters. The largest absolute Gasteiger partial charge is 0.399 e. The number of fused-ring (bicyclic) bond motifs is 1. The van der Waals surface area contributed by atoms with Crippen molar-refractivity contribution >= 4 is 21.2 Å². The van der Waals surface area contributed by atoms with Gasteiger partial charge in [0.15, 0.2) is 9.84 Å². The summed E-state index contributed by atoms with van der Waals surface area (Å²) in [4.78, 5) is 4.44. The summed E-state index contributed by atoms with van der Waals surface area (Å²) in [6.07, 6.45) is 4.40. The topological polar surface area (TPSA) is 77.5 Å². The second-order valence-corrected chi connectivity index (χ2v) is 6.72. The summed E-state index contributed by atoms with van der Waals surface area (Å²) in [7, 11) is -2.86. The number of nitrogens with two attached hydrogens (primary N) is 1. The van der Waals surface area contributed by atoms with Crippen molar-refractivity contribution in [3.63, 3.8) is 0 Å². The SMILES string of the molecule is Nc1ccn2cc(C3CCS(=O)(=O)C3)nc2c1. The highest BCUT2D eigenvalue weighted by Gasteiger charge is 2.30. The standard InChI is InChI=1S/C11H13N3O2S/c12-9-1-3-14-6-10(13-11(14)5-9)8-2-4-17(15,16)7-8/h1,3,5-6,8H,2,4,7,12H2. The lowest BCUT2D eigenvalue weighted by Gasteiger charge is -2.00. The molecule has 1 aliphatic heterocycles. The molecule has 2 aromatic rings. The molecule has 0 spiro atoms. The summed E-state index contributed by atoms with van der Waals surface area (Å²) in [5.74, 6) is 0.515. The lowest BCUT2D eigenvalue weighted by Crippen LogP contribution is -2.03. The van der Waals surface area contributed by atoms with Crippen molar-refractivity contribution in [2.24, 2.45) is 0 Å². The van der Waals surface area contributed by atoms with Gasteiger partial charge in [-0.3, -0.25) is 0 Å². The van der Waals surface area contributed by atoms with Gasteiger partial charge in [-0.05, 0) is 12.5 Å². The van der Waals surface area contributed by atoms with Crippen molar-refractivity contribution in [3.05, 3.63) is 30.2 Å². The fourth-order valence-corrected chi connectivity index (χ4v) is 4.00. The van der Waals surface area contributed by atoms with Crippen molar-refractivity contribution in [3.8, 4) is 0 Å². The molecule has 5 nitrogen and oxygen atoms in total. The molecule has 2 aromatic heterocycles.